The molecule has 0 unspecified atom stereocenters. The topological polar surface area (TPSA) is 30.5 Å². The fourth-order valence-electron chi connectivity index (χ4n) is 2.77. The van der Waals surface area contributed by atoms with Crippen molar-refractivity contribution < 1.29 is 9.47 Å². The van der Waals surface area contributed by atoms with Crippen LogP contribution >= 0.6 is 15.9 Å². The standard InChI is InChI=1S/C23H24BrNO2/c1-17-8-10-18(11-9-17)14-25-15-20-12-22(26-2)23(13-21(20)24)27-16-19-6-4-3-5-7-19/h3-13,25H,14-16H2,1-2H3. The van der Waals surface area contributed by atoms with Crippen LogP contribution in [0.25, 0.3) is 0 Å². The molecule has 3 rings (SSSR count). The highest BCUT2D eigenvalue weighted by Crippen LogP contribution is 2.34. The van der Waals surface area contributed by atoms with Crippen molar-refractivity contribution in [2.24, 2.45) is 0 Å². The smallest absolute Gasteiger partial charge is 0.162 e. The lowest BCUT2D eigenvalue weighted by Gasteiger charge is -2.14. The first-order valence-corrected chi connectivity index (χ1v) is 9.74. The summed E-state index contributed by atoms with van der Waals surface area (Å²) in [7, 11) is 1.67. The minimum Gasteiger partial charge on any atom is -0.493 e. The highest BCUT2D eigenvalue weighted by atomic mass is 79.9. The Bertz CT molecular complexity index is 864. The van der Waals surface area contributed by atoms with Crippen LogP contribution in [0.2, 0.25) is 0 Å². The predicted octanol–water partition coefficient (Wildman–Crippen LogP) is 5.63. The molecule has 0 saturated heterocycles. The van der Waals surface area contributed by atoms with Gasteiger partial charge in [-0.2, -0.15) is 0 Å². The molecule has 1 N–H and O–H groups in total. The number of methoxy groups -OCH3 is 1. The van der Waals surface area contributed by atoms with E-state index in [2.05, 4.69) is 52.4 Å². The van der Waals surface area contributed by atoms with Gasteiger partial charge in [-0.25, -0.2) is 0 Å². The van der Waals surface area contributed by atoms with Gasteiger partial charge in [-0.15, -0.1) is 0 Å². The lowest BCUT2D eigenvalue weighted by atomic mass is 10.1. The van der Waals surface area contributed by atoms with Gasteiger partial charge in [0.25, 0.3) is 0 Å². The number of benzene rings is 3. The highest BCUT2D eigenvalue weighted by molar-refractivity contribution is 9.10. The van der Waals surface area contributed by atoms with E-state index in [-0.39, 0.29) is 0 Å². The molecule has 3 nitrogen and oxygen atoms in total. The van der Waals surface area contributed by atoms with E-state index >= 15 is 0 Å². The monoisotopic (exact) mass is 425 g/mol. The SMILES string of the molecule is COc1cc(CNCc2ccc(C)cc2)c(Br)cc1OCc1ccccc1. The first-order valence-electron chi connectivity index (χ1n) is 8.95. The van der Waals surface area contributed by atoms with Gasteiger partial charge in [0.15, 0.2) is 11.5 Å². The van der Waals surface area contributed by atoms with Crippen molar-refractivity contribution in [3.05, 3.63) is 93.5 Å². The second-order valence-corrected chi connectivity index (χ2v) is 7.31. The number of halogens is 1. The summed E-state index contributed by atoms with van der Waals surface area (Å²) < 4.78 is 12.5. The Morgan fingerprint density at radius 2 is 1.59 bits per heavy atom. The second-order valence-electron chi connectivity index (χ2n) is 6.46. The van der Waals surface area contributed by atoms with Gasteiger partial charge >= 0.3 is 0 Å². The Morgan fingerprint density at radius 1 is 0.852 bits per heavy atom. The number of hydrogen-bond acceptors (Lipinski definition) is 3. The lowest BCUT2D eigenvalue weighted by Crippen LogP contribution is -2.13. The number of ether oxygens (including phenoxy) is 2. The molecule has 0 radical (unpaired) electrons. The molecule has 3 aromatic rings. The largest absolute Gasteiger partial charge is 0.493 e. The highest BCUT2D eigenvalue weighted by Gasteiger charge is 2.10. The lowest BCUT2D eigenvalue weighted by molar-refractivity contribution is 0.284. The van der Waals surface area contributed by atoms with E-state index in [1.807, 2.05) is 42.5 Å². The number of nitrogens with one attached hydrogen (secondary N) is 1. The summed E-state index contributed by atoms with van der Waals surface area (Å²) in [5, 5.41) is 3.48. The van der Waals surface area contributed by atoms with Crippen LogP contribution in [0.15, 0.2) is 71.2 Å². The van der Waals surface area contributed by atoms with Crippen LogP contribution in [-0.2, 0) is 19.7 Å². The number of aryl methyl sites for hydroxylation is 1. The molecule has 0 atom stereocenters. The maximum Gasteiger partial charge on any atom is 0.162 e. The quantitative estimate of drug-likeness (QED) is 0.506. The number of rotatable bonds is 8. The molecule has 0 aliphatic heterocycles. The summed E-state index contributed by atoms with van der Waals surface area (Å²) in [5.74, 6) is 1.47. The molecular formula is C23H24BrNO2. The van der Waals surface area contributed by atoms with Crippen molar-refractivity contribution in [2.45, 2.75) is 26.6 Å². The molecule has 0 bridgehead atoms. The molecule has 0 aromatic heterocycles. The predicted molar refractivity (Wildman–Crippen MR) is 113 cm³/mol. The summed E-state index contributed by atoms with van der Waals surface area (Å²) in [6, 6.07) is 22.7. The van der Waals surface area contributed by atoms with Crippen molar-refractivity contribution in [2.75, 3.05) is 7.11 Å². The zero-order valence-corrected chi connectivity index (χ0v) is 17.3. The van der Waals surface area contributed by atoms with Crippen LogP contribution in [0.1, 0.15) is 22.3 Å². The van der Waals surface area contributed by atoms with E-state index in [0.29, 0.717) is 6.61 Å². The molecular weight excluding hydrogens is 402 g/mol. The Hall–Kier alpha value is -2.30. The Labute approximate surface area is 169 Å². The minimum absolute atomic E-state index is 0.509. The average molecular weight is 426 g/mol. The molecule has 3 aromatic carbocycles. The zero-order valence-electron chi connectivity index (χ0n) is 15.7. The minimum atomic E-state index is 0.509. The van der Waals surface area contributed by atoms with Gasteiger partial charge in [-0.1, -0.05) is 76.1 Å². The second kappa shape index (κ2) is 9.58. The van der Waals surface area contributed by atoms with Gasteiger partial charge < -0.3 is 14.8 Å². The fourth-order valence-corrected chi connectivity index (χ4v) is 3.23. The van der Waals surface area contributed by atoms with Crippen LogP contribution in [0, 0.1) is 6.92 Å². The normalized spacial score (nSPS) is 10.6. The van der Waals surface area contributed by atoms with Gasteiger partial charge in [0, 0.05) is 17.6 Å². The molecule has 140 valence electrons. The van der Waals surface area contributed by atoms with Gasteiger partial charge in [0.05, 0.1) is 7.11 Å². The number of hydrogen-bond donors (Lipinski definition) is 1. The molecule has 4 heteroatoms. The maximum atomic E-state index is 5.96. The van der Waals surface area contributed by atoms with Crippen LogP contribution in [-0.4, -0.2) is 7.11 Å². The van der Waals surface area contributed by atoms with E-state index in [4.69, 9.17) is 9.47 Å². The molecule has 0 amide bonds. The molecule has 0 saturated carbocycles. The molecule has 0 heterocycles. The molecule has 0 fully saturated rings. The molecule has 27 heavy (non-hydrogen) atoms. The fraction of sp³-hybridized carbons (Fsp3) is 0.217. The van der Waals surface area contributed by atoms with E-state index in [1.54, 1.807) is 7.11 Å². The van der Waals surface area contributed by atoms with Crippen molar-refractivity contribution in [3.8, 4) is 11.5 Å². The van der Waals surface area contributed by atoms with Crippen LogP contribution in [0.5, 0.6) is 11.5 Å². The summed E-state index contributed by atoms with van der Waals surface area (Å²) in [6.07, 6.45) is 0. The van der Waals surface area contributed by atoms with Crippen molar-refractivity contribution in [3.63, 3.8) is 0 Å². The third-order valence-corrected chi connectivity index (χ3v) is 5.07. The van der Waals surface area contributed by atoms with Crippen molar-refractivity contribution >= 4 is 15.9 Å². The Balaban J connectivity index is 1.63. The van der Waals surface area contributed by atoms with Crippen LogP contribution < -0.4 is 14.8 Å². The molecule has 0 aliphatic rings. The van der Waals surface area contributed by atoms with Crippen LogP contribution in [0.4, 0.5) is 0 Å². The Morgan fingerprint density at radius 3 is 2.30 bits per heavy atom. The first-order chi connectivity index (χ1) is 13.2. The van der Waals surface area contributed by atoms with E-state index in [0.717, 1.165) is 40.2 Å². The maximum absolute atomic E-state index is 5.96. The summed E-state index contributed by atoms with van der Waals surface area (Å²) in [5.41, 5.74) is 4.80. The summed E-state index contributed by atoms with van der Waals surface area (Å²) in [6.45, 7) is 4.17. The van der Waals surface area contributed by atoms with E-state index in [9.17, 15) is 0 Å². The van der Waals surface area contributed by atoms with E-state index in [1.165, 1.54) is 11.1 Å². The molecule has 0 aliphatic carbocycles. The first kappa shape index (κ1) is 19.5. The third-order valence-electron chi connectivity index (χ3n) is 4.34. The molecule has 0 spiro atoms. The van der Waals surface area contributed by atoms with Gasteiger partial charge in [0.1, 0.15) is 6.61 Å². The van der Waals surface area contributed by atoms with Crippen molar-refractivity contribution in [1.29, 1.82) is 0 Å². The van der Waals surface area contributed by atoms with Crippen molar-refractivity contribution in [1.82, 2.24) is 5.32 Å². The Kier molecular flexibility index (Phi) is 6.91. The summed E-state index contributed by atoms with van der Waals surface area (Å²) in [4.78, 5) is 0. The summed E-state index contributed by atoms with van der Waals surface area (Å²) >= 11 is 3.66. The zero-order chi connectivity index (χ0) is 19.1. The van der Waals surface area contributed by atoms with Crippen LogP contribution in [0.3, 0.4) is 0 Å². The average Bonchev–Trinajstić information content (AvgIpc) is 2.70. The van der Waals surface area contributed by atoms with Gasteiger partial charge in [-0.05, 0) is 35.7 Å². The van der Waals surface area contributed by atoms with Gasteiger partial charge in [0.2, 0.25) is 0 Å². The van der Waals surface area contributed by atoms with Gasteiger partial charge in [-0.3, -0.25) is 0 Å². The third kappa shape index (κ3) is 5.59. The van der Waals surface area contributed by atoms with E-state index < -0.39 is 0 Å².